The first-order chi connectivity index (χ1) is 37.5. The van der Waals surface area contributed by atoms with Crippen LogP contribution in [-0.2, 0) is 98.8 Å². The smallest absolute Gasteiger partial charge is 0.373 e. The number of carbonyl (C=O) groups excluding carboxylic acids is 6. The molecule has 0 bridgehead atoms. The summed E-state index contributed by atoms with van der Waals surface area (Å²) in [6, 6.07) is 17.7. The van der Waals surface area contributed by atoms with Crippen LogP contribution in [0.1, 0.15) is 86.3 Å². The third-order valence-corrected chi connectivity index (χ3v) is 14.2. The number of rotatable bonds is 22. The number of benzene rings is 2. The van der Waals surface area contributed by atoms with Crippen molar-refractivity contribution in [2.24, 2.45) is 39.8 Å². The van der Waals surface area contributed by atoms with Crippen LogP contribution in [0.4, 0.5) is 0 Å². The summed E-state index contributed by atoms with van der Waals surface area (Å²) >= 11 is 0. The van der Waals surface area contributed by atoms with E-state index in [9.17, 15) is 20.7 Å². The zero-order valence-corrected chi connectivity index (χ0v) is 45.4. The van der Waals surface area contributed by atoms with Crippen molar-refractivity contribution in [1.82, 2.24) is 0 Å². The molecule has 8 unspecified atom stereocenters. The molecule has 0 aliphatic carbocycles. The molecule has 78 heavy (non-hydrogen) atoms. The summed E-state index contributed by atoms with van der Waals surface area (Å²) in [6.45, 7) is 16.5. The van der Waals surface area contributed by atoms with Gasteiger partial charge in [0.2, 0.25) is 0 Å². The lowest BCUT2D eigenvalue weighted by atomic mass is 9.82. The molecule has 4 aliphatic heterocycles. The van der Waals surface area contributed by atoms with Crippen molar-refractivity contribution in [3.05, 3.63) is 92.7 Å². The van der Waals surface area contributed by atoms with Crippen molar-refractivity contribution in [3.63, 3.8) is 0 Å². The Bertz CT molecular complexity index is 2350. The van der Waals surface area contributed by atoms with Gasteiger partial charge in [-0.25, -0.2) is 0 Å². The lowest BCUT2D eigenvalue weighted by Gasteiger charge is -2.51. The topological polar surface area (TPSA) is 311 Å². The van der Waals surface area contributed by atoms with Gasteiger partial charge in [-0.3, -0.25) is 9.59 Å². The average Bonchev–Trinajstić information content (AvgIpc) is 3.42. The fourth-order valence-electron chi connectivity index (χ4n) is 9.84. The summed E-state index contributed by atoms with van der Waals surface area (Å²) in [5.41, 5.74) is 21.6. The highest BCUT2D eigenvalue weighted by atomic mass is 16.8. The number of esters is 2. The Labute approximate surface area is 453 Å². The summed E-state index contributed by atoms with van der Waals surface area (Å²) in [5, 5.41) is 8.34. The van der Waals surface area contributed by atoms with Crippen molar-refractivity contribution in [3.8, 4) is 12.3 Å². The molecule has 24 nitrogen and oxygen atoms in total. The van der Waals surface area contributed by atoms with Gasteiger partial charge < -0.3 is 56.8 Å². The molecule has 4 heterocycles. The monoisotopic (exact) mass is 1090 g/mol. The largest absolute Gasteiger partial charge is 0.463 e. The highest BCUT2D eigenvalue weighted by Gasteiger charge is 2.54. The molecule has 4 saturated heterocycles. The van der Waals surface area contributed by atoms with Gasteiger partial charge in [0.15, 0.2) is 25.2 Å². The summed E-state index contributed by atoms with van der Waals surface area (Å²) in [7, 11) is 0. The second-order valence-electron chi connectivity index (χ2n) is 19.5. The Morgan fingerprint density at radius 3 is 1.44 bits per heavy atom. The Morgan fingerprint density at radius 1 is 0.551 bits per heavy atom. The Balaban J connectivity index is 0.00000209. The molecule has 0 spiro atoms. The molecule has 4 fully saturated rings. The molecular formula is C54H72N6O18. The SMILES string of the molecule is C#CCCCO[C@@H]1OC(C)[C@@H](O[C@@H]2OC(COC(C)=O)[C@@H](O[C@@H]3OC(C)[C@@H](O[C@@H]4OC(COC(C)=O)[C@@H](C)[C@H](C)C4N=[N+]=[N-])[C@@H](OCc4ccccc4)C3C)[C@H](C)C2N=[N+]=[N-])[C@@H](OCc2ccccc2)C1C.O=C=O.O=C=O. The number of azide groups is 2. The Kier molecular flexibility index (Phi) is 27.6. The molecule has 0 amide bonds. The molecule has 0 N–H and O–H groups in total. The van der Waals surface area contributed by atoms with E-state index in [4.69, 9.17) is 82.4 Å². The highest BCUT2D eigenvalue weighted by Crippen LogP contribution is 2.42. The van der Waals surface area contributed by atoms with Gasteiger partial charge >= 0.3 is 24.2 Å². The van der Waals surface area contributed by atoms with E-state index in [-0.39, 0.29) is 56.5 Å². The summed E-state index contributed by atoms with van der Waals surface area (Å²) < 4.78 is 77.4. The maximum Gasteiger partial charge on any atom is 0.373 e. The zero-order chi connectivity index (χ0) is 57.3. The van der Waals surface area contributed by atoms with E-state index in [1.165, 1.54) is 13.8 Å². The van der Waals surface area contributed by atoms with Gasteiger partial charge in [-0.05, 0) is 60.2 Å². The lowest BCUT2D eigenvalue weighted by molar-refractivity contribution is -0.362. The molecule has 426 valence electrons. The Morgan fingerprint density at radius 2 is 0.974 bits per heavy atom. The molecule has 0 saturated carbocycles. The van der Waals surface area contributed by atoms with Gasteiger partial charge in [0.1, 0.15) is 31.5 Å². The third-order valence-electron chi connectivity index (χ3n) is 14.2. The summed E-state index contributed by atoms with van der Waals surface area (Å²) in [4.78, 5) is 63.1. The van der Waals surface area contributed by atoms with Gasteiger partial charge in [0.25, 0.3) is 0 Å². The molecule has 2 aromatic rings. The zero-order valence-electron chi connectivity index (χ0n) is 45.4. The molecule has 4 aliphatic rings. The summed E-state index contributed by atoms with van der Waals surface area (Å²) in [6.07, 6.45) is -3.14. The van der Waals surface area contributed by atoms with E-state index in [0.717, 1.165) is 11.1 Å². The first kappa shape index (κ1) is 64.4. The predicted molar refractivity (Wildman–Crippen MR) is 270 cm³/mol. The minimum atomic E-state index is -1.17. The van der Waals surface area contributed by atoms with Crippen LogP contribution in [0.25, 0.3) is 20.9 Å². The van der Waals surface area contributed by atoms with Crippen LogP contribution < -0.4 is 0 Å². The van der Waals surface area contributed by atoms with Gasteiger partial charge in [-0.1, -0.05) is 106 Å². The standard InChI is InChI=1S/C52H72N6O14.2CO2/c1-11-12-19-24-61-49-32(5)45(64-25-38-20-15-13-16-21-38)47(34(7)66-49)72-52-43(56-58-54)31(4)44(41(69-52)28-63-37(10)60)70-50-33(6)46(65-26-39-22-17-14-18-23-39)48(35(8)67-50)71-51-42(55-57-53)30(3)29(2)40(68-51)27-62-36(9)59;2*2-1-3/h1,13-18,20-23,29-35,40-52H,12,19,24-28H2,2-10H3;;/t29-,30-,31+,32?,33?,34?,35?,40?,41?,42?,43?,44-,45-,46-,47+,48+,49+,50-,51-,52-;;/m0../s1. The molecule has 0 radical (unpaired) electrons. The molecule has 0 aromatic heterocycles. The van der Waals surface area contributed by atoms with Crippen molar-refractivity contribution in [2.45, 2.75) is 181 Å². The highest BCUT2D eigenvalue weighted by molar-refractivity contribution is 5.66. The average molecular weight is 1090 g/mol. The van der Waals surface area contributed by atoms with Gasteiger partial charge in [-0.15, -0.1) is 12.3 Å². The molecule has 24 heteroatoms. The molecule has 2 aromatic carbocycles. The fraction of sp³-hybridized carbons (Fsp3) is 0.667. The molecular weight excluding hydrogens is 1020 g/mol. The third kappa shape index (κ3) is 18.5. The van der Waals surface area contributed by atoms with E-state index in [1.54, 1.807) is 0 Å². The van der Waals surface area contributed by atoms with Crippen molar-refractivity contribution in [2.75, 3.05) is 19.8 Å². The first-order valence-electron chi connectivity index (χ1n) is 25.8. The van der Waals surface area contributed by atoms with Gasteiger partial charge in [-0.2, -0.15) is 19.2 Å². The van der Waals surface area contributed by atoms with E-state index >= 15 is 0 Å². The van der Waals surface area contributed by atoms with Crippen LogP contribution >= 0.6 is 0 Å². The number of carbonyl (C=O) groups is 2. The maximum atomic E-state index is 12.4. The van der Waals surface area contributed by atoms with Crippen LogP contribution in [-0.4, -0.2) is 136 Å². The minimum absolute atomic E-state index is 0.0155. The van der Waals surface area contributed by atoms with Crippen LogP contribution in [0.3, 0.4) is 0 Å². The van der Waals surface area contributed by atoms with Crippen LogP contribution in [0.15, 0.2) is 70.9 Å². The number of hydrogen-bond acceptors (Lipinski definition) is 20. The second-order valence-corrected chi connectivity index (χ2v) is 19.5. The van der Waals surface area contributed by atoms with Crippen molar-refractivity contribution >= 4 is 24.2 Å². The fourth-order valence-corrected chi connectivity index (χ4v) is 9.84. The number of nitrogens with zero attached hydrogens (tertiary/aromatic N) is 6. The Hall–Kier alpha value is -6.08. The number of unbranched alkanes of at least 4 members (excludes halogenated alkanes) is 1. The molecule has 6 rings (SSSR count). The lowest BCUT2D eigenvalue weighted by Crippen LogP contribution is -2.63. The normalized spacial score (nSPS) is 34.1. The van der Waals surface area contributed by atoms with E-state index in [1.807, 2.05) is 109 Å². The van der Waals surface area contributed by atoms with Crippen molar-refractivity contribution < 1.29 is 85.6 Å². The van der Waals surface area contributed by atoms with Crippen LogP contribution in [0.5, 0.6) is 0 Å². The quantitative estimate of drug-likeness (QED) is 0.0281. The number of terminal acetylenes is 1. The van der Waals surface area contributed by atoms with E-state index in [0.29, 0.717) is 19.4 Å². The van der Waals surface area contributed by atoms with Crippen molar-refractivity contribution in [1.29, 1.82) is 0 Å². The molecule has 20 atom stereocenters. The minimum Gasteiger partial charge on any atom is -0.463 e. The van der Waals surface area contributed by atoms with E-state index < -0.39 is 116 Å². The first-order valence-corrected chi connectivity index (χ1v) is 25.8. The predicted octanol–water partition coefficient (Wildman–Crippen LogP) is 7.18. The second kappa shape index (κ2) is 33.4. The number of hydrogen-bond donors (Lipinski definition) is 0. The van der Waals surface area contributed by atoms with Crippen LogP contribution in [0.2, 0.25) is 0 Å². The van der Waals surface area contributed by atoms with Gasteiger partial charge in [0.05, 0.1) is 68.5 Å². The summed E-state index contributed by atoms with van der Waals surface area (Å²) in [5.74, 6) is -0.224. The van der Waals surface area contributed by atoms with Gasteiger partial charge in [0, 0.05) is 41.9 Å². The maximum absolute atomic E-state index is 12.4. The van der Waals surface area contributed by atoms with Crippen LogP contribution in [0, 0.1) is 41.9 Å². The number of ether oxygens (including phenoxy) is 12. The van der Waals surface area contributed by atoms with E-state index in [2.05, 4.69) is 26.0 Å².